The largest absolute Gasteiger partial charge is 0.497 e. The zero-order chi connectivity index (χ0) is 15.2. The van der Waals surface area contributed by atoms with Crippen LogP contribution in [0.2, 0.25) is 0 Å². The number of rotatable bonds is 2. The Labute approximate surface area is 121 Å². The molecule has 110 valence electrons. The van der Waals surface area contributed by atoms with Gasteiger partial charge in [0.1, 0.15) is 17.0 Å². The normalized spacial score (nSPS) is 27.9. The molecule has 1 aromatic rings. The van der Waals surface area contributed by atoms with E-state index in [0.29, 0.717) is 23.4 Å². The number of fused-ring (bicyclic) bond motifs is 1. The van der Waals surface area contributed by atoms with Crippen LogP contribution in [-0.2, 0) is 9.59 Å². The second kappa shape index (κ2) is 4.56. The molecule has 3 rings (SSSR count). The molecular weight excluding hydrogens is 274 g/mol. The Balaban J connectivity index is 1.95. The molecule has 0 bridgehead atoms. The lowest BCUT2D eigenvalue weighted by atomic mass is 10.0. The molecule has 1 fully saturated rings. The molecule has 0 aromatic heterocycles. The van der Waals surface area contributed by atoms with Crippen molar-refractivity contribution in [1.82, 2.24) is 5.32 Å². The highest BCUT2D eigenvalue weighted by atomic mass is 16.5. The number of hydrogen-bond acceptors (Lipinski definition) is 5. The molecule has 2 aliphatic rings. The molecule has 2 heterocycles. The van der Waals surface area contributed by atoms with Crippen molar-refractivity contribution in [2.45, 2.75) is 18.9 Å². The second-order valence-corrected chi connectivity index (χ2v) is 5.37. The van der Waals surface area contributed by atoms with Gasteiger partial charge in [-0.1, -0.05) is 0 Å². The summed E-state index contributed by atoms with van der Waals surface area (Å²) in [6.07, 6.45) is 0.573. The van der Waals surface area contributed by atoms with Crippen LogP contribution in [0.4, 0.5) is 5.69 Å². The minimum Gasteiger partial charge on any atom is -0.497 e. The van der Waals surface area contributed by atoms with E-state index in [2.05, 4.69) is 10.7 Å². The first-order valence-corrected chi connectivity index (χ1v) is 6.67. The van der Waals surface area contributed by atoms with Crippen molar-refractivity contribution in [2.24, 2.45) is 0 Å². The van der Waals surface area contributed by atoms with Crippen molar-refractivity contribution in [3.05, 3.63) is 23.8 Å². The van der Waals surface area contributed by atoms with Gasteiger partial charge >= 0.3 is 5.91 Å². The predicted octanol–water partition coefficient (Wildman–Crippen LogP) is 0.428. The smallest absolute Gasteiger partial charge is 0.372 e. The number of anilines is 1. The van der Waals surface area contributed by atoms with Crippen LogP contribution in [0.1, 0.15) is 23.2 Å². The molecule has 2 N–H and O–H groups in total. The topological polar surface area (TPSA) is 84.5 Å². The lowest BCUT2D eigenvalue weighted by Crippen LogP contribution is -2.64. The van der Waals surface area contributed by atoms with Crippen molar-refractivity contribution >= 4 is 23.4 Å². The molecule has 1 saturated heterocycles. The Bertz CT molecular complexity index is 658. The third-order valence-corrected chi connectivity index (χ3v) is 4.07. The molecule has 0 aliphatic carbocycles. The summed E-state index contributed by atoms with van der Waals surface area (Å²) in [5.74, 6) is -0.345. The monoisotopic (exact) mass is 290 g/mol. The summed E-state index contributed by atoms with van der Waals surface area (Å²) in [7, 11) is 3.18. The maximum atomic E-state index is 12.7. The summed E-state index contributed by atoms with van der Waals surface area (Å²) in [6.45, 7) is 0. The number of carbonyl (C=O) groups excluding carboxylic acids is 3. The fourth-order valence-corrected chi connectivity index (χ4v) is 2.87. The number of likely N-dealkylation sites (N-methyl/N-ethyl adjacent to an activating group) is 1. The molecule has 2 atom stereocenters. The van der Waals surface area contributed by atoms with Gasteiger partial charge in [0.15, 0.2) is 6.04 Å². The number of imide groups is 1. The number of nitrogens with one attached hydrogen (secondary N) is 2. The van der Waals surface area contributed by atoms with Crippen LogP contribution in [0.15, 0.2) is 18.2 Å². The first-order chi connectivity index (χ1) is 9.95. The van der Waals surface area contributed by atoms with E-state index >= 15 is 0 Å². The number of hydrogen-bond donors (Lipinski definition) is 2. The van der Waals surface area contributed by atoms with E-state index in [-0.39, 0.29) is 22.8 Å². The molecule has 2 aliphatic heterocycles. The first kappa shape index (κ1) is 13.6. The molecule has 7 nitrogen and oxygen atoms in total. The van der Waals surface area contributed by atoms with Crippen molar-refractivity contribution < 1.29 is 23.7 Å². The van der Waals surface area contributed by atoms with Crippen molar-refractivity contribution in [3.8, 4) is 5.75 Å². The zero-order valence-electron chi connectivity index (χ0n) is 11.8. The van der Waals surface area contributed by atoms with Crippen LogP contribution in [0, 0.1) is 0 Å². The molecule has 3 amide bonds. The van der Waals surface area contributed by atoms with Crippen LogP contribution in [0.5, 0.6) is 5.75 Å². The number of ether oxygens (including phenoxy) is 1. The number of piperidine rings is 1. The van der Waals surface area contributed by atoms with Crippen LogP contribution in [-0.4, -0.2) is 42.5 Å². The maximum absolute atomic E-state index is 12.7. The number of methoxy groups -OCH3 is 1. The van der Waals surface area contributed by atoms with Gasteiger partial charge in [0.25, 0.3) is 5.91 Å². The van der Waals surface area contributed by atoms with Crippen LogP contribution >= 0.6 is 0 Å². The van der Waals surface area contributed by atoms with Crippen LogP contribution in [0.3, 0.4) is 0 Å². The van der Waals surface area contributed by atoms with Gasteiger partial charge in [-0.05, 0) is 18.2 Å². The Morgan fingerprint density at radius 1 is 1.29 bits per heavy atom. The number of carbonyl (C=O) groups is 3. The Kier molecular flexibility index (Phi) is 2.94. The third-order valence-electron chi connectivity index (χ3n) is 4.07. The highest BCUT2D eigenvalue weighted by Gasteiger charge is 2.52. The average Bonchev–Trinajstić information content (AvgIpc) is 2.71. The number of benzene rings is 1. The summed E-state index contributed by atoms with van der Waals surface area (Å²) >= 11 is 0. The van der Waals surface area contributed by atoms with Gasteiger partial charge in [0, 0.05) is 12.8 Å². The fourth-order valence-electron chi connectivity index (χ4n) is 2.87. The van der Waals surface area contributed by atoms with Crippen molar-refractivity contribution in [1.29, 1.82) is 0 Å². The molecule has 0 radical (unpaired) electrons. The summed E-state index contributed by atoms with van der Waals surface area (Å²) in [4.78, 5) is 36.0. The minimum absolute atomic E-state index is 0.210. The van der Waals surface area contributed by atoms with Crippen LogP contribution < -0.4 is 15.5 Å². The van der Waals surface area contributed by atoms with Gasteiger partial charge in [0.2, 0.25) is 5.91 Å². The Hall–Kier alpha value is -2.41. The van der Waals surface area contributed by atoms with Crippen molar-refractivity contribution in [3.63, 3.8) is 0 Å². The second-order valence-electron chi connectivity index (χ2n) is 5.37. The quantitative estimate of drug-likeness (QED) is 0.609. The zero-order valence-corrected chi connectivity index (χ0v) is 11.8. The van der Waals surface area contributed by atoms with E-state index in [9.17, 15) is 14.4 Å². The lowest BCUT2D eigenvalue weighted by molar-refractivity contribution is -0.820. The van der Waals surface area contributed by atoms with Gasteiger partial charge in [0.05, 0.1) is 14.2 Å². The van der Waals surface area contributed by atoms with Gasteiger partial charge < -0.3 is 4.74 Å². The van der Waals surface area contributed by atoms with E-state index in [1.54, 1.807) is 25.2 Å². The van der Waals surface area contributed by atoms with E-state index in [0.717, 1.165) is 0 Å². The first-order valence-electron chi connectivity index (χ1n) is 6.67. The Morgan fingerprint density at radius 3 is 2.71 bits per heavy atom. The molecule has 2 unspecified atom stereocenters. The minimum atomic E-state index is -0.631. The number of quaternary nitrogens is 1. The summed E-state index contributed by atoms with van der Waals surface area (Å²) in [6, 6.07) is 4.52. The van der Waals surface area contributed by atoms with Gasteiger partial charge in [-0.25, -0.2) is 10.2 Å². The molecule has 7 heteroatoms. The molecule has 1 aromatic carbocycles. The van der Waals surface area contributed by atoms with E-state index < -0.39 is 11.9 Å². The number of nitrogens with zero attached hydrogens (tertiary/aromatic N) is 1. The SMILES string of the molecule is COc1ccc2c(c1)C(=O)[N+](C)(C1CCC(=O)NC1=O)N2. The summed E-state index contributed by atoms with van der Waals surface area (Å²) < 4.78 is 4.86. The predicted molar refractivity (Wildman–Crippen MR) is 73.3 cm³/mol. The lowest BCUT2D eigenvalue weighted by Gasteiger charge is -2.34. The molecule has 0 spiro atoms. The highest BCUT2D eigenvalue weighted by molar-refractivity contribution is 6.04. The highest BCUT2D eigenvalue weighted by Crippen LogP contribution is 2.35. The van der Waals surface area contributed by atoms with Crippen LogP contribution in [0.25, 0.3) is 0 Å². The van der Waals surface area contributed by atoms with E-state index in [4.69, 9.17) is 4.74 Å². The summed E-state index contributed by atoms with van der Waals surface area (Å²) in [5, 5.41) is 2.29. The van der Waals surface area contributed by atoms with E-state index in [1.165, 1.54) is 7.11 Å². The van der Waals surface area contributed by atoms with Gasteiger partial charge in [-0.15, -0.1) is 4.59 Å². The maximum Gasteiger partial charge on any atom is 0.372 e. The molecular formula is C14H16N3O4+. The standard InChI is InChI=1S/C14H15N3O4/c1-17(11-5-6-12(18)15-13(11)19)14(20)9-7-8(21-2)3-4-10(9)16-17/h3-4,7,11H,5-6H2,1-2H3,(H-,15,16,18,19,20)/p+1. The van der Waals surface area contributed by atoms with Gasteiger partial charge in [-0.2, -0.15) is 0 Å². The fraction of sp³-hybridized carbons (Fsp3) is 0.357. The van der Waals surface area contributed by atoms with E-state index in [1.807, 2.05) is 0 Å². The van der Waals surface area contributed by atoms with Crippen molar-refractivity contribution in [2.75, 3.05) is 19.6 Å². The average molecular weight is 290 g/mol. The molecule has 21 heavy (non-hydrogen) atoms. The number of amides is 3. The van der Waals surface area contributed by atoms with Gasteiger partial charge in [-0.3, -0.25) is 14.9 Å². The Morgan fingerprint density at radius 2 is 2.05 bits per heavy atom. The third kappa shape index (κ3) is 1.97. The summed E-state index contributed by atoms with van der Waals surface area (Å²) in [5.41, 5.74) is 4.23. The molecule has 0 saturated carbocycles.